The topological polar surface area (TPSA) is 145 Å². The van der Waals surface area contributed by atoms with Crippen molar-refractivity contribution in [1.82, 2.24) is 0 Å². The third kappa shape index (κ3) is 4.78. The van der Waals surface area contributed by atoms with E-state index < -0.39 is 24.1 Å². The van der Waals surface area contributed by atoms with Crippen molar-refractivity contribution in [1.29, 1.82) is 0 Å². The molecule has 0 bridgehead atoms. The number of hydrogen-bond acceptors (Lipinski definition) is 6. The van der Waals surface area contributed by atoms with Crippen LogP contribution in [0.25, 0.3) is 22.1 Å². The van der Waals surface area contributed by atoms with Gasteiger partial charge in [0.2, 0.25) is 0 Å². The van der Waals surface area contributed by atoms with Crippen LogP contribution in [0.2, 0.25) is 0 Å². The van der Waals surface area contributed by atoms with Gasteiger partial charge in [-0.1, -0.05) is 42.5 Å². The van der Waals surface area contributed by atoms with Gasteiger partial charge in [-0.15, -0.1) is 0 Å². The summed E-state index contributed by atoms with van der Waals surface area (Å²) >= 11 is 0. The highest BCUT2D eigenvalue weighted by atomic mass is 16.4. The summed E-state index contributed by atoms with van der Waals surface area (Å²) in [5, 5.41) is 33.1. The molecular weight excluding hydrogens is 356 g/mol. The second-order valence-corrected chi connectivity index (χ2v) is 5.41. The van der Waals surface area contributed by atoms with E-state index in [9.17, 15) is 14.4 Å². The number of rotatable bonds is 4. The number of benzene rings is 2. The third-order valence-electron chi connectivity index (χ3n) is 3.57. The van der Waals surface area contributed by atoms with Gasteiger partial charge in [-0.25, -0.2) is 9.59 Å². The highest BCUT2D eigenvalue weighted by Crippen LogP contribution is 2.18. The Morgan fingerprint density at radius 1 is 0.815 bits per heavy atom. The van der Waals surface area contributed by atoms with E-state index in [-0.39, 0.29) is 5.43 Å². The predicted molar refractivity (Wildman–Crippen MR) is 95.2 cm³/mol. The molecule has 27 heavy (non-hydrogen) atoms. The van der Waals surface area contributed by atoms with Gasteiger partial charge in [-0.3, -0.25) is 4.79 Å². The fraction of sp³-hybridized carbons (Fsp3) is 0.105. The van der Waals surface area contributed by atoms with Gasteiger partial charge in [-0.2, -0.15) is 0 Å². The van der Waals surface area contributed by atoms with Crippen LogP contribution in [0.3, 0.4) is 0 Å². The SMILES string of the molecule is O=C(O)C(O)C(O)C(=O)O.O=c1c(-c2ccccc2)coc2ccccc12. The molecule has 2 unspecified atom stereocenters. The molecule has 0 fully saturated rings. The van der Waals surface area contributed by atoms with Gasteiger partial charge in [0.1, 0.15) is 11.8 Å². The molecule has 8 heteroatoms. The van der Waals surface area contributed by atoms with Gasteiger partial charge in [0.15, 0.2) is 17.6 Å². The van der Waals surface area contributed by atoms with Crippen LogP contribution in [0, 0.1) is 0 Å². The number of carboxylic acid groups (broad SMARTS) is 2. The normalized spacial score (nSPS) is 12.5. The van der Waals surface area contributed by atoms with Crippen molar-refractivity contribution in [2.24, 2.45) is 0 Å². The molecule has 0 spiro atoms. The van der Waals surface area contributed by atoms with Crippen molar-refractivity contribution in [3.05, 3.63) is 71.1 Å². The standard InChI is InChI=1S/C15H10O2.C4H6O6/c16-15-12-8-4-5-9-14(12)17-10-13(15)11-6-2-1-3-7-11;5-1(3(7)8)2(6)4(9)10/h1-10H;1-2,5-6H,(H,7,8)(H,9,10). The lowest BCUT2D eigenvalue weighted by Crippen LogP contribution is -2.39. The summed E-state index contributed by atoms with van der Waals surface area (Å²) in [6.45, 7) is 0. The summed E-state index contributed by atoms with van der Waals surface area (Å²) in [6, 6.07) is 16.8. The van der Waals surface area contributed by atoms with Crippen molar-refractivity contribution in [3.8, 4) is 11.1 Å². The van der Waals surface area contributed by atoms with Crippen molar-refractivity contribution in [2.45, 2.75) is 12.2 Å². The number of aliphatic hydroxyl groups excluding tert-OH is 2. The molecule has 4 N–H and O–H groups in total. The molecule has 0 aliphatic carbocycles. The maximum absolute atomic E-state index is 12.3. The van der Waals surface area contributed by atoms with Gasteiger partial charge >= 0.3 is 11.9 Å². The first-order valence-electron chi connectivity index (χ1n) is 7.70. The Morgan fingerprint density at radius 2 is 1.33 bits per heavy atom. The Balaban J connectivity index is 0.000000227. The van der Waals surface area contributed by atoms with Gasteiger partial charge in [0, 0.05) is 0 Å². The Hall–Kier alpha value is -3.49. The fourth-order valence-corrected chi connectivity index (χ4v) is 2.16. The molecule has 0 aliphatic heterocycles. The average molecular weight is 372 g/mol. The Kier molecular flexibility index (Phi) is 6.42. The molecule has 0 amide bonds. The minimum atomic E-state index is -2.27. The molecule has 140 valence electrons. The van der Waals surface area contributed by atoms with Gasteiger partial charge < -0.3 is 24.8 Å². The van der Waals surface area contributed by atoms with Crippen LogP contribution in [0.5, 0.6) is 0 Å². The average Bonchev–Trinajstić information content (AvgIpc) is 2.68. The number of aliphatic carboxylic acids is 2. The zero-order chi connectivity index (χ0) is 20.0. The van der Waals surface area contributed by atoms with E-state index in [1.165, 1.54) is 6.26 Å². The van der Waals surface area contributed by atoms with Crippen LogP contribution >= 0.6 is 0 Å². The number of para-hydroxylation sites is 1. The van der Waals surface area contributed by atoms with E-state index in [0.29, 0.717) is 16.5 Å². The monoisotopic (exact) mass is 372 g/mol. The molecular formula is C19H16O8. The van der Waals surface area contributed by atoms with Gasteiger partial charge in [0.25, 0.3) is 0 Å². The number of hydrogen-bond donors (Lipinski definition) is 4. The molecule has 0 saturated heterocycles. The van der Waals surface area contributed by atoms with Crippen LogP contribution in [0.4, 0.5) is 0 Å². The molecule has 2 aromatic carbocycles. The van der Waals surface area contributed by atoms with Crippen LogP contribution in [0.15, 0.2) is 70.1 Å². The van der Waals surface area contributed by atoms with Crippen molar-refractivity contribution >= 4 is 22.9 Å². The first-order chi connectivity index (χ1) is 12.8. The summed E-state index contributed by atoms with van der Waals surface area (Å²) in [7, 11) is 0. The summed E-state index contributed by atoms with van der Waals surface area (Å²) < 4.78 is 5.48. The summed E-state index contributed by atoms with van der Waals surface area (Å²) in [5.74, 6) is -3.54. The van der Waals surface area contributed by atoms with Crippen LogP contribution in [-0.4, -0.2) is 44.6 Å². The molecule has 0 aliphatic rings. The molecule has 0 saturated carbocycles. The van der Waals surface area contributed by atoms with Gasteiger partial charge in [0.05, 0.1) is 10.9 Å². The summed E-state index contributed by atoms with van der Waals surface area (Å²) in [4.78, 5) is 31.8. The Labute approximate surface area is 152 Å². The van der Waals surface area contributed by atoms with Gasteiger partial charge in [-0.05, 0) is 17.7 Å². The first-order valence-corrected chi connectivity index (χ1v) is 7.70. The van der Waals surface area contributed by atoms with Crippen LogP contribution < -0.4 is 5.43 Å². The molecule has 3 rings (SSSR count). The lowest BCUT2D eigenvalue weighted by atomic mass is 10.1. The molecule has 1 aromatic heterocycles. The second-order valence-electron chi connectivity index (χ2n) is 5.41. The van der Waals surface area contributed by atoms with Crippen LogP contribution in [-0.2, 0) is 9.59 Å². The van der Waals surface area contributed by atoms with Crippen molar-refractivity contribution in [2.75, 3.05) is 0 Å². The minimum Gasteiger partial charge on any atom is -0.479 e. The maximum atomic E-state index is 12.3. The van der Waals surface area contributed by atoms with Crippen molar-refractivity contribution in [3.63, 3.8) is 0 Å². The lowest BCUT2D eigenvalue weighted by Gasteiger charge is -2.07. The molecule has 1 heterocycles. The zero-order valence-corrected chi connectivity index (χ0v) is 13.9. The highest BCUT2D eigenvalue weighted by Gasteiger charge is 2.29. The predicted octanol–water partition coefficient (Wildman–Crippen LogP) is 1.34. The summed E-state index contributed by atoms with van der Waals surface area (Å²) in [5.41, 5.74) is 2.12. The maximum Gasteiger partial charge on any atom is 0.335 e. The minimum absolute atomic E-state index is 0.0121. The van der Waals surface area contributed by atoms with E-state index >= 15 is 0 Å². The molecule has 0 radical (unpaired) electrons. The van der Waals surface area contributed by atoms with Crippen molar-refractivity contribution < 1.29 is 34.4 Å². The smallest absolute Gasteiger partial charge is 0.335 e. The quantitative estimate of drug-likeness (QED) is 0.537. The Morgan fingerprint density at radius 3 is 1.89 bits per heavy atom. The number of carbonyl (C=O) groups is 2. The summed E-state index contributed by atoms with van der Waals surface area (Å²) in [6.07, 6.45) is -3.00. The molecule has 3 aromatic rings. The first kappa shape index (κ1) is 19.8. The van der Waals surface area contributed by atoms with E-state index in [0.717, 1.165) is 5.56 Å². The zero-order valence-electron chi connectivity index (χ0n) is 13.9. The van der Waals surface area contributed by atoms with E-state index in [1.54, 1.807) is 12.1 Å². The second kappa shape index (κ2) is 8.75. The Bertz CT molecular complexity index is 975. The number of aliphatic hydroxyl groups is 2. The van der Waals surface area contributed by atoms with Crippen LogP contribution in [0.1, 0.15) is 0 Å². The fourth-order valence-electron chi connectivity index (χ4n) is 2.16. The molecule has 8 nitrogen and oxygen atoms in total. The highest BCUT2D eigenvalue weighted by molar-refractivity contribution is 5.83. The lowest BCUT2D eigenvalue weighted by molar-refractivity contribution is -0.165. The van der Waals surface area contributed by atoms with E-state index in [1.807, 2.05) is 42.5 Å². The van der Waals surface area contributed by atoms with E-state index in [4.69, 9.17) is 24.8 Å². The molecule has 2 atom stereocenters. The number of carboxylic acids is 2. The largest absolute Gasteiger partial charge is 0.479 e. The van der Waals surface area contributed by atoms with E-state index in [2.05, 4.69) is 0 Å². The third-order valence-corrected chi connectivity index (χ3v) is 3.57. The number of fused-ring (bicyclic) bond motifs is 1.